The number of hydrogen-bond donors (Lipinski definition) is 3. The molecule has 0 heterocycles. The third kappa shape index (κ3) is 5.07. The van der Waals surface area contributed by atoms with E-state index in [1.807, 2.05) is 0 Å². The van der Waals surface area contributed by atoms with Gasteiger partial charge in [0.2, 0.25) is 5.91 Å². The van der Waals surface area contributed by atoms with Gasteiger partial charge >= 0.3 is 12.0 Å². The largest absolute Gasteiger partial charge is 0.480 e. The molecular weight excluding hydrogens is 262 g/mol. The van der Waals surface area contributed by atoms with Gasteiger partial charge in [-0.2, -0.15) is 0 Å². The first-order valence-corrected chi connectivity index (χ1v) is 6.91. The van der Waals surface area contributed by atoms with Gasteiger partial charge < -0.3 is 20.6 Å². The second-order valence-corrected chi connectivity index (χ2v) is 5.27. The molecule has 0 saturated heterocycles. The molecule has 20 heavy (non-hydrogen) atoms. The normalized spacial score (nSPS) is 21.9. The SMILES string of the molecule is CC1CCCCC1N(C)C(=O)NCC(=O)NCC(=O)O. The van der Waals surface area contributed by atoms with E-state index in [0.29, 0.717) is 5.92 Å². The number of carboxylic acids is 1. The van der Waals surface area contributed by atoms with Crippen LogP contribution in [0.15, 0.2) is 0 Å². The van der Waals surface area contributed by atoms with Crippen LogP contribution >= 0.6 is 0 Å². The lowest BCUT2D eigenvalue weighted by Crippen LogP contribution is -2.49. The van der Waals surface area contributed by atoms with E-state index < -0.39 is 18.4 Å². The van der Waals surface area contributed by atoms with Gasteiger partial charge in [-0.15, -0.1) is 0 Å². The van der Waals surface area contributed by atoms with Crippen molar-refractivity contribution in [1.29, 1.82) is 0 Å². The molecular formula is C13H23N3O4. The van der Waals surface area contributed by atoms with Gasteiger partial charge in [-0.25, -0.2) is 4.79 Å². The third-order valence-electron chi connectivity index (χ3n) is 3.72. The van der Waals surface area contributed by atoms with Crippen molar-refractivity contribution >= 4 is 17.9 Å². The minimum atomic E-state index is -1.11. The molecule has 3 amide bonds. The molecule has 0 radical (unpaired) electrons. The van der Waals surface area contributed by atoms with E-state index in [9.17, 15) is 14.4 Å². The maximum absolute atomic E-state index is 11.9. The molecule has 7 heteroatoms. The highest BCUT2D eigenvalue weighted by Gasteiger charge is 2.27. The molecule has 0 aromatic heterocycles. The molecule has 0 aliphatic heterocycles. The van der Waals surface area contributed by atoms with E-state index in [4.69, 9.17) is 5.11 Å². The molecule has 7 nitrogen and oxygen atoms in total. The van der Waals surface area contributed by atoms with Gasteiger partial charge in [0.1, 0.15) is 6.54 Å². The maximum atomic E-state index is 11.9. The smallest absolute Gasteiger partial charge is 0.322 e. The van der Waals surface area contributed by atoms with Gasteiger partial charge in [0.15, 0.2) is 0 Å². The highest BCUT2D eigenvalue weighted by Crippen LogP contribution is 2.27. The van der Waals surface area contributed by atoms with Crippen LogP contribution in [0, 0.1) is 5.92 Å². The topological polar surface area (TPSA) is 98.7 Å². The Morgan fingerprint density at radius 3 is 2.40 bits per heavy atom. The van der Waals surface area contributed by atoms with Crippen molar-refractivity contribution in [3.63, 3.8) is 0 Å². The first-order valence-electron chi connectivity index (χ1n) is 6.91. The molecule has 1 aliphatic carbocycles. The van der Waals surface area contributed by atoms with Crippen LogP contribution in [0.25, 0.3) is 0 Å². The summed E-state index contributed by atoms with van der Waals surface area (Å²) >= 11 is 0. The van der Waals surface area contributed by atoms with E-state index in [0.717, 1.165) is 19.3 Å². The lowest BCUT2D eigenvalue weighted by molar-refractivity contribution is -0.137. The lowest BCUT2D eigenvalue weighted by atomic mass is 9.85. The summed E-state index contributed by atoms with van der Waals surface area (Å²) in [6, 6.07) is -0.0972. The average Bonchev–Trinajstić information content (AvgIpc) is 2.42. The minimum Gasteiger partial charge on any atom is -0.480 e. The van der Waals surface area contributed by atoms with Gasteiger partial charge in [0.25, 0.3) is 0 Å². The number of amides is 3. The molecule has 114 valence electrons. The molecule has 0 spiro atoms. The zero-order chi connectivity index (χ0) is 15.1. The standard InChI is InChI=1S/C13H23N3O4/c1-9-5-3-4-6-10(9)16(2)13(20)15-7-11(17)14-8-12(18)19/h9-10H,3-8H2,1-2H3,(H,14,17)(H,15,20)(H,18,19). The Hall–Kier alpha value is -1.79. The molecule has 2 unspecified atom stereocenters. The maximum Gasteiger partial charge on any atom is 0.322 e. The van der Waals surface area contributed by atoms with Crippen LogP contribution in [-0.2, 0) is 9.59 Å². The first-order chi connectivity index (χ1) is 9.41. The molecule has 1 aliphatic rings. The highest BCUT2D eigenvalue weighted by molar-refractivity contribution is 5.86. The fourth-order valence-electron chi connectivity index (χ4n) is 2.54. The van der Waals surface area contributed by atoms with Gasteiger partial charge in [-0.05, 0) is 18.8 Å². The van der Waals surface area contributed by atoms with E-state index in [1.54, 1.807) is 11.9 Å². The van der Waals surface area contributed by atoms with Crippen molar-refractivity contribution in [2.24, 2.45) is 5.92 Å². The number of hydrogen-bond acceptors (Lipinski definition) is 3. The van der Waals surface area contributed by atoms with Crippen molar-refractivity contribution in [2.75, 3.05) is 20.1 Å². The summed E-state index contributed by atoms with van der Waals surface area (Å²) in [5.41, 5.74) is 0. The Kier molecular flexibility index (Phi) is 6.27. The van der Waals surface area contributed by atoms with Crippen LogP contribution in [0.1, 0.15) is 32.6 Å². The van der Waals surface area contributed by atoms with Gasteiger partial charge in [0.05, 0.1) is 6.54 Å². The zero-order valence-corrected chi connectivity index (χ0v) is 12.0. The number of urea groups is 1. The summed E-state index contributed by atoms with van der Waals surface area (Å²) in [5.74, 6) is -1.16. The Labute approximate surface area is 118 Å². The van der Waals surface area contributed by atoms with E-state index in [-0.39, 0.29) is 18.6 Å². The Morgan fingerprint density at radius 2 is 1.80 bits per heavy atom. The van der Waals surface area contributed by atoms with Gasteiger partial charge in [-0.1, -0.05) is 19.8 Å². The van der Waals surface area contributed by atoms with E-state index in [1.165, 1.54) is 6.42 Å². The molecule has 2 atom stereocenters. The summed E-state index contributed by atoms with van der Waals surface area (Å²) < 4.78 is 0. The predicted octanol–water partition coefficient (Wildman–Crippen LogP) is 0.407. The van der Waals surface area contributed by atoms with Crippen LogP contribution in [-0.4, -0.2) is 54.1 Å². The summed E-state index contributed by atoms with van der Waals surface area (Å²) in [6.07, 6.45) is 4.41. The Morgan fingerprint density at radius 1 is 1.15 bits per heavy atom. The van der Waals surface area contributed by atoms with E-state index in [2.05, 4.69) is 17.6 Å². The van der Waals surface area contributed by atoms with Gasteiger partial charge in [-0.3, -0.25) is 9.59 Å². The molecule has 0 bridgehead atoms. The molecule has 1 rings (SSSR count). The van der Waals surface area contributed by atoms with Crippen LogP contribution in [0.3, 0.4) is 0 Å². The predicted molar refractivity (Wildman–Crippen MR) is 73.2 cm³/mol. The van der Waals surface area contributed by atoms with Crippen molar-refractivity contribution in [1.82, 2.24) is 15.5 Å². The Balaban J connectivity index is 2.34. The summed E-state index contributed by atoms with van der Waals surface area (Å²) in [5, 5.41) is 13.1. The number of rotatable bonds is 5. The van der Waals surface area contributed by atoms with Gasteiger partial charge in [0, 0.05) is 13.1 Å². The lowest BCUT2D eigenvalue weighted by Gasteiger charge is -2.36. The van der Waals surface area contributed by atoms with Crippen LogP contribution < -0.4 is 10.6 Å². The number of nitrogens with zero attached hydrogens (tertiary/aromatic N) is 1. The molecule has 1 fully saturated rings. The highest BCUT2D eigenvalue weighted by atomic mass is 16.4. The first kappa shape index (κ1) is 16.3. The van der Waals surface area contributed by atoms with Crippen LogP contribution in [0.2, 0.25) is 0 Å². The monoisotopic (exact) mass is 285 g/mol. The number of nitrogens with one attached hydrogen (secondary N) is 2. The average molecular weight is 285 g/mol. The number of aliphatic carboxylic acids is 1. The van der Waals surface area contributed by atoms with Crippen molar-refractivity contribution in [3.8, 4) is 0 Å². The fourth-order valence-corrected chi connectivity index (χ4v) is 2.54. The molecule has 3 N–H and O–H groups in total. The van der Waals surface area contributed by atoms with Crippen LogP contribution in [0.4, 0.5) is 4.79 Å². The summed E-state index contributed by atoms with van der Waals surface area (Å²) in [4.78, 5) is 35.2. The van der Waals surface area contributed by atoms with Crippen molar-refractivity contribution < 1.29 is 19.5 Å². The quantitative estimate of drug-likeness (QED) is 0.681. The molecule has 1 saturated carbocycles. The van der Waals surface area contributed by atoms with E-state index >= 15 is 0 Å². The molecule has 0 aromatic rings. The van der Waals surface area contributed by atoms with Crippen molar-refractivity contribution in [3.05, 3.63) is 0 Å². The summed E-state index contributed by atoms with van der Waals surface area (Å²) in [6.45, 7) is 1.48. The number of carboxylic acid groups (broad SMARTS) is 1. The third-order valence-corrected chi connectivity index (χ3v) is 3.72. The zero-order valence-electron chi connectivity index (χ0n) is 12.0. The number of carbonyl (C=O) groups excluding carboxylic acids is 2. The second-order valence-electron chi connectivity index (χ2n) is 5.27. The van der Waals surface area contributed by atoms with Crippen molar-refractivity contribution in [2.45, 2.75) is 38.6 Å². The van der Waals surface area contributed by atoms with Crippen LogP contribution in [0.5, 0.6) is 0 Å². The molecule has 0 aromatic carbocycles. The number of carbonyl (C=O) groups is 3. The summed E-state index contributed by atoms with van der Waals surface area (Å²) in [7, 11) is 1.73. The fraction of sp³-hybridized carbons (Fsp3) is 0.769. The Bertz CT molecular complexity index is 373. The minimum absolute atomic E-state index is 0.200. The second kappa shape index (κ2) is 7.72.